The third-order valence-electron chi connectivity index (χ3n) is 5.28. The van der Waals surface area contributed by atoms with Crippen LogP contribution in [-0.4, -0.2) is 48.4 Å². The molecule has 3 N–H and O–H groups in total. The van der Waals surface area contributed by atoms with Crippen LogP contribution in [0.5, 0.6) is 11.5 Å². The summed E-state index contributed by atoms with van der Waals surface area (Å²) in [6, 6.07) is 12.6. The van der Waals surface area contributed by atoms with E-state index in [-0.39, 0.29) is 41.5 Å². The molecule has 4 rings (SSSR count). The zero-order chi connectivity index (χ0) is 26.0. The Bertz CT molecular complexity index is 1490. The Morgan fingerprint density at radius 3 is 2.50 bits per heavy atom. The van der Waals surface area contributed by atoms with Crippen molar-refractivity contribution in [2.45, 2.75) is 25.6 Å². The molecular formula is C23H21F3N4O6. The van der Waals surface area contributed by atoms with Crippen molar-refractivity contribution >= 4 is 11.2 Å². The first-order valence-corrected chi connectivity index (χ1v) is 10.6. The van der Waals surface area contributed by atoms with E-state index in [0.717, 1.165) is 16.2 Å². The lowest BCUT2D eigenvalue weighted by Crippen LogP contribution is -2.35. The highest BCUT2D eigenvalue weighted by Crippen LogP contribution is 2.36. The number of hydrogen-bond donors (Lipinski definition) is 3. The number of H-pyrrole nitrogens is 1. The van der Waals surface area contributed by atoms with Crippen LogP contribution in [0, 0.1) is 0 Å². The Morgan fingerprint density at radius 2 is 1.83 bits per heavy atom. The highest BCUT2D eigenvalue weighted by molar-refractivity contribution is 5.77. The summed E-state index contributed by atoms with van der Waals surface area (Å²) in [5.41, 5.74) is -0.942. The van der Waals surface area contributed by atoms with Gasteiger partial charge in [0.1, 0.15) is 12.4 Å². The zero-order valence-electron chi connectivity index (χ0n) is 18.8. The van der Waals surface area contributed by atoms with Gasteiger partial charge < -0.3 is 24.3 Å². The number of aromatic nitrogens is 4. The molecule has 0 fully saturated rings. The van der Waals surface area contributed by atoms with Crippen molar-refractivity contribution in [2.24, 2.45) is 7.05 Å². The molecule has 190 valence electrons. The van der Waals surface area contributed by atoms with E-state index in [2.05, 4.69) is 14.7 Å². The van der Waals surface area contributed by atoms with E-state index in [1.807, 2.05) is 0 Å². The van der Waals surface area contributed by atoms with Crippen molar-refractivity contribution in [3.63, 3.8) is 0 Å². The number of halogens is 3. The first kappa shape index (κ1) is 25.0. The number of benzene rings is 2. The van der Waals surface area contributed by atoms with Crippen LogP contribution in [-0.2, 0) is 20.2 Å². The van der Waals surface area contributed by atoms with Gasteiger partial charge in [0.2, 0.25) is 0 Å². The molecule has 10 nitrogen and oxygen atoms in total. The van der Waals surface area contributed by atoms with Gasteiger partial charge in [-0.1, -0.05) is 30.3 Å². The number of hydrogen-bond acceptors (Lipinski definition) is 7. The number of aromatic amines is 1. The van der Waals surface area contributed by atoms with Crippen molar-refractivity contribution in [1.82, 2.24) is 19.1 Å². The van der Waals surface area contributed by atoms with Gasteiger partial charge in [-0.2, -0.15) is 0 Å². The van der Waals surface area contributed by atoms with Gasteiger partial charge in [-0.3, -0.25) is 14.3 Å². The third kappa shape index (κ3) is 5.26. The average molecular weight is 506 g/mol. The fourth-order valence-electron chi connectivity index (χ4n) is 3.65. The molecule has 0 aliphatic heterocycles. The van der Waals surface area contributed by atoms with E-state index in [9.17, 15) is 27.9 Å². The SMILES string of the molecule is Cn1c(-c2ccc(OCc3ccccc3)c(OC(F)(F)F)c2)nc2c1c(=O)[nH]c(=O)n2CC(O)CO. The van der Waals surface area contributed by atoms with Crippen LogP contribution in [0.25, 0.3) is 22.6 Å². The second-order valence-electron chi connectivity index (χ2n) is 7.86. The topological polar surface area (TPSA) is 132 Å². The van der Waals surface area contributed by atoms with E-state index < -0.39 is 36.1 Å². The summed E-state index contributed by atoms with van der Waals surface area (Å²) in [5.74, 6) is -0.737. The molecule has 2 aromatic heterocycles. The van der Waals surface area contributed by atoms with Gasteiger partial charge in [-0.15, -0.1) is 13.2 Å². The van der Waals surface area contributed by atoms with E-state index in [4.69, 9.17) is 9.84 Å². The van der Waals surface area contributed by atoms with E-state index in [1.165, 1.54) is 23.7 Å². The minimum absolute atomic E-state index is 0.00443. The molecule has 1 atom stereocenters. The molecule has 0 aliphatic carbocycles. The predicted octanol–water partition coefficient (Wildman–Crippen LogP) is 1.92. The van der Waals surface area contributed by atoms with Crippen LogP contribution in [0.15, 0.2) is 58.1 Å². The van der Waals surface area contributed by atoms with Crippen LogP contribution < -0.4 is 20.7 Å². The Morgan fingerprint density at radius 1 is 1.11 bits per heavy atom. The number of imidazole rings is 1. The van der Waals surface area contributed by atoms with Crippen molar-refractivity contribution in [2.75, 3.05) is 6.61 Å². The number of aryl methyl sites for hydroxylation is 1. The highest BCUT2D eigenvalue weighted by atomic mass is 19.4. The van der Waals surface area contributed by atoms with E-state index in [1.54, 1.807) is 30.3 Å². The van der Waals surface area contributed by atoms with Crippen molar-refractivity contribution in [3.05, 3.63) is 74.9 Å². The molecule has 0 radical (unpaired) electrons. The molecule has 2 aromatic carbocycles. The van der Waals surface area contributed by atoms with Crippen LogP contribution in [0.2, 0.25) is 0 Å². The zero-order valence-corrected chi connectivity index (χ0v) is 18.8. The van der Waals surface area contributed by atoms with Gasteiger partial charge in [0.05, 0.1) is 19.3 Å². The Labute approximate surface area is 200 Å². The van der Waals surface area contributed by atoms with Crippen molar-refractivity contribution in [3.8, 4) is 22.9 Å². The van der Waals surface area contributed by atoms with Crippen LogP contribution in [0.3, 0.4) is 0 Å². The number of ether oxygens (including phenoxy) is 2. The maximum Gasteiger partial charge on any atom is 0.573 e. The summed E-state index contributed by atoms with van der Waals surface area (Å²) >= 11 is 0. The van der Waals surface area contributed by atoms with Gasteiger partial charge in [-0.05, 0) is 23.8 Å². The van der Waals surface area contributed by atoms with Gasteiger partial charge in [0, 0.05) is 12.6 Å². The molecule has 36 heavy (non-hydrogen) atoms. The number of aliphatic hydroxyl groups excluding tert-OH is 2. The Kier molecular flexibility index (Phi) is 6.86. The van der Waals surface area contributed by atoms with E-state index in [0.29, 0.717) is 0 Å². The van der Waals surface area contributed by atoms with Crippen LogP contribution >= 0.6 is 0 Å². The maximum absolute atomic E-state index is 13.1. The second-order valence-corrected chi connectivity index (χ2v) is 7.86. The lowest BCUT2D eigenvalue weighted by Gasteiger charge is -2.15. The largest absolute Gasteiger partial charge is 0.573 e. The number of aliphatic hydroxyl groups is 2. The van der Waals surface area contributed by atoms with Crippen molar-refractivity contribution < 1.29 is 32.9 Å². The number of nitrogens with zero attached hydrogens (tertiary/aromatic N) is 3. The Hall–Kier alpha value is -4.10. The normalized spacial score (nSPS) is 12.6. The molecule has 1 unspecified atom stereocenters. The predicted molar refractivity (Wildman–Crippen MR) is 122 cm³/mol. The van der Waals surface area contributed by atoms with Crippen molar-refractivity contribution in [1.29, 1.82) is 0 Å². The molecule has 0 saturated carbocycles. The first-order chi connectivity index (χ1) is 17.1. The van der Waals surface area contributed by atoms with Gasteiger partial charge in [0.25, 0.3) is 5.56 Å². The summed E-state index contributed by atoms with van der Waals surface area (Å²) < 4.78 is 51.4. The molecule has 0 bridgehead atoms. The molecule has 0 saturated heterocycles. The van der Waals surface area contributed by atoms with Crippen LogP contribution in [0.1, 0.15) is 5.56 Å². The molecule has 0 amide bonds. The summed E-state index contributed by atoms with van der Waals surface area (Å²) in [4.78, 5) is 31.2. The number of fused-ring (bicyclic) bond motifs is 1. The molecule has 2 heterocycles. The standard InChI is InChI=1S/C23H21F3N4O6/c1-29-18-20(30(10-15(32)11-31)22(34)28-21(18)33)27-19(29)14-7-8-16(17(9-14)36-23(24,25)26)35-12-13-5-3-2-4-6-13/h2-9,15,31-32H,10-12H2,1H3,(H,28,33,34). The molecular weight excluding hydrogens is 485 g/mol. The monoisotopic (exact) mass is 506 g/mol. The minimum Gasteiger partial charge on any atom is -0.485 e. The van der Waals surface area contributed by atoms with E-state index >= 15 is 0 Å². The number of alkyl halides is 3. The highest BCUT2D eigenvalue weighted by Gasteiger charge is 2.33. The average Bonchev–Trinajstić information content (AvgIpc) is 3.17. The quantitative estimate of drug-likeness (QED) is 0.333. The summed E-state index contributed by atoms with van der Waals surface area (Å²) in [5, 5.41) is 18.9. The van der Waals surface area contributed by atoms with Gasteiger partial charge in [0.15, 0.2) is 22.7 Å². The first-order valence-electron chi connectivity index (χ1n) is 10.6. The summed E-state index contributed by atoms with van der Waals surface area (Å²) in [6.07, 6.45) is -6.32. The lowest BCUT2D eigenvalue weighted by molar-refractivity contribution is -0.275. The molecule has 13 heteroatoms. The molecule has 0 aliphatic rings. The number of nitrogens with one attached hydrogen (secondary N) is 1. The maximum atomic E-state index is 13.1. The smallest absolute Gasteiger partial charge is 0.485 e. The Balaban J connectivity index is 1.80. The van der Waals surface area contributed by atoms with Gasteiger partial charge in [-0.25, -0.2) is 9.78 Å². The summed E-state index contributed by atoms with van der Waals surface area (Å²) in [6.45, 7) is -1.02. The van der Waals surface area contributed by atoms with Crippen LogP contribution in [0.4, 0.5) is 13.2 Å². The number of rotatable bonds is 8. The summed E-state index contributed by atoms with van der Waals surface area (Å²) in [7, 11) is 1.45. The van der Waals surface area contributed by atoms with Gasteiger partial charge >= 0.3 is 12.1 Å². The lowest BCUT2D eigenvalue weighted by atomic mass is 10.2. The third-order valence-corrected chi connectivity index (χ3v) is 5.28. The second kappa shape index (κ2) is 9.87. The fourth-order valence-corrected chi connectivity index (χ4v) is 3.65. The minimum atomic E-state index is -5.01. The molecule has 0 spiro atoms. The molecule has 4 aromatic rings. The fraction of sp³-hybridized carbons (Fsp3) is 0.261.